The number of carbonyl (C=O) groups is 1. The number of nitrogens with zero attached hydrogens (tertiary/aromatic N) is 1. The van der Waals surface area contributed by atoms with Crippen LogP contribution in [0.1, 0.15) is 18.4 Å². The van der Waals surface area contributed by atoms with Gasteiger partial charge >= 0.3 is 0 Å². The fourth-order valence-electron chi connectivity index (χ4n) is 3.01. The second-order valence-corrected chi connectivity index (χ2v) is 5.75. The molecule has 1 aliphatic heterocycles. The molecule has 0 aliphatic carbocycles. The van der Waals surface area contributed by atoms with E-state index in [2.05, 4.69) is 4.98 Å². The molecule has 5 heteroatoms. The standard InChI is InChI=1S/C16H21N3O2/c17-14(16(21)19-7-3-4-12(20)10-19)8-11-9-18-15-6-2-1-5-13(11)15/h1-2,5-6,9,12,14,18,20H,3-4,7-8,10,17H2/t12?,14-/m1/s1. The van der Waals surface area contributed by atoms with Crippen molar-refractivity contribution >= 4 is 16.8 Å². The summed E-state index contributed by atoms with van der Waals surface area (Å²) >= 11 is 0. The summed E-state index contributed by atoms with van der Waals surface area (Å²) in [6.07, 6.45) is 3.62. The van der Waals surface area contributed by atoms with Crippen molar-refractivity contribution in [3.63, 3.8) is 0 Å². The Bertz CT molecular complexity index is 637. The molecule has 1 unspecified atom stereocenters. The lowest BCUT2D eigenvalue weighted by Crippen LogP contribution is -2.50. The highest BCUT2D eigenvalue weighted by Gasteiger charge is 2.26. The van der Waals surface area contributed by atoms with Gasteiger partial charge in [-0.1, -0.05) is 18.2 Å². The second-order valence-electron chi connectivity index (χ2n) is 5.75. The molecule has 1 amide bonds. The van der Waals surface area contributed by atoms with Gasteiger partial charge in [0.15, 0.2) is 0 Å². The van der Waals surface area contributed by atoms with Gasteiger partial charge in [0.2, 0.25) is 5.91 Å². The lowest BCUT2D eigenvalue weighted by Gasteiger charge is -2.32. The lowest BCUT2D eigenvalue weighted by molar-refractivity contribution is -0.135. The van der Waals surface area contributed by atoms with Gasteiger partial charge in [0.05, 0.1) is 12.1 Å². The van der Waals surface area contributed by atoms with Crippen LogP contribution in [0.25, 0.3) is 10.9 Å². The number of H-pyrrole nitrogens is 1. The first-order valence-corrected chi connectivity index (χ1v) is 7.42. The Hall–Kier alpha value is -1.85. The third kappa shape index (κ3) is 2.94. The molecule has 1 aromatic carbocycles. The quantitative estimate of drug-likeness (QED) is 0.788. The summed E-state index contributed by atoms with van der Waals surface area (Å²) in [4.78, 5) is 17.3. The number of rotatable bonds is 3. The number of carbonyl (C=O) groups excluding carboxylic acids is 1. The van der Waals surface area contributed by atoms with Gasteiger partial charge in [-0.15, -0.1) is 0 Å². The molecule has 5 nitrogen and oxygen atoms in total. The van der Waals surface area contributed by atoms with Gasteiger partial charge in [0.1, 0.15) is 0 Å². The molecule has 21 heavy (non-hydrogen) atoms. The van der Waals surface area contributed by atoms with Crippen molar-refractivity contribution < 1.29 is 9.90 Å². The maximum absolute atomic E-state index is 12.4. The van der Waals surface area contributed by atoms with Crippen LogP contribution in [-0.2, 0) is 11.2 Å². The molecule has 1 fully saturated rings. The van der Waals surface area contributed by atoms with Crippen LogP contribution in [0.4, 0.5) is 0 Å². The molecular formula is C16H21N3O2. The SMILES string of the molecule is N[C@H](Cc1c[nH]c2ccccc12)C(=O)N1CCCC(O)C1. The Morgan fingerprint density at radius 3 is 3.10 bits per heavy atom. The number of nitrogens with two attached hydrogens (primary N) is 1. The second kappa shape index (κ2) is 5.87. The highest BCUT2D eigenvalue weighted by Crippen LogP contribution is 2.19. The zero-order valence-corrected chi connectivity index (χ0v) is 12.0. The van der Waals surface area contributed by atoms with Crippen molar-refractivity contribution in [1.29, 1.82) is 0 Å². The van der Waals surface area contributed by atoms with Crippen molar-refractivity contribution in [2.75, 3.05) is 13.1 Å². The Balaban J connectivity index is 1.70. The first kappa shape index (κ1) is 14.1. The van der Waals surface area contributed by atoms with Crippen LogP contribution >= 0.6 is 0 Å². The fourth-order valence-corrected chi connectivity index (χ4v) is 3.01. The van der Waals surface area contributed by atoms with E-state index >= 15 is 0 Å². The van der Waals surface area contributed by atoms with Crippen LogP contribution in [-0.4, -0.2) is 46.1 Å². The van der Waals surface area contributed by atoms with Crippen LogP contribution in [0, 0.1) is 0 Å². The summed E-state index contributed by atoms with van der Waals surface area (Å²) in [6.45, 7) is 1.10. The predicted molar refractivity (Wildman–Crippen MR) is 81.8 cm³/mol. The summed E-state index contributed by atoms with van der Waals surface area (Å²) in [5.74, 6) is -0.0703. The number of aliphatic hydroxyl groups excluding tert-OH is 1. The number of benzene rings is 1. The minimum Gasteiger partial charge on any atom is -0.391 e. The van der Waals surface area contributed by atoms with E-state index in [0.717, 1.165) is 29.3 Å². The zero-order valence-electron chi connectivity index (χ0n) is 12.0. The molecule has 1 saturated heterocycles. The third-order valence-corrected chi connectivity index (χ3v) is 4.14. The van der Waals surface area contributed by atoms with E-state index in [-0.39, 0.29) is 5.91 Å². The smallest absolute Gasteiger partial charge is 0.239 e. The number of hydrogen-bond donors (Lipinski definition) is 3. The number of hydrogen-bond acceptors (Lipinski definition) is 3. The van der Waals surface area contributed by atoms with Crippen molar-refractivity contribution in [2.45, 2.75) is 31.4 Å². The molecule has 1 aromatic heterocycles. The number of piperidine rings is 1. The van der Waals surface area contributed by atoms with Crippen LogP contribution in [0.2, 0.25) is 0 Å². The highest BCUT2D eigenvalue weighted by molar-refractivity contribution is 5.86. The number of amides is 1. The summed E-state index contributed by atoms with van der Waals surface area (Å²) in [6, 6.07) is 7.43. The summed E-state index contributed by atoms with van der Waals surface area (Å²) in [5.41, 5.74) is 8.20. The van der Waals surface area contributed by atoms with Gasteiger partial charge in [-0.3, -0.25) is 4.79 Å². The van der Waals surface area contributed by atoms with Gasteiger partial charge in [0.25, 0.3) is 0 Å². The van der Waals surface area contributed by atoms with Crippen LogP contribution in [0.5, 0.6) is 0 Å². The molecule has 2 aromatic rings. The molecule has 0 saturated carbocycles. The third-order valence-electron chi connectivity index (χ3n) is 4.14. The molecule has 2 heterocycles. The average Bonchev–Trinajstić information content (AvgIpc) is 2.90. The van der Waals surface area contributed by atoms with Crippen LogP contribution < -0.4 is 5.73 Å². The van der Waals surface area contributed by atoms with Crippen molar-refractivity contribution in [1.82, 2.24) is 9.88 Å². The van der Waals surface area contributed by atoms with E-state index in [1.165, 1.54) is 0 Å². The van der Waals surface area contributed by atoms with E-state index in [0.29, 0.717) is 19.5 Å². The Morgan fingerprint density at radius 2 is 2.29 bits per heavy atom. The van der Waals surface area contributed by atoms with E-state index in [4.69, 9.17) is 5.73 Å². The summed E-state index contributed by atoms with van der Waals surface area (Å²) in [7, 11) is 0. The predicted octanol–water partition coefficient (Wildman–Crippen LogP) is 1.02. The fraction of sp³-hybridized carbons (Fsp3) is 0.438. The molecule has 0 radical (unpaired) electrons. The van der Waals surface area contributed by atoms with Crippen molar-refractivity contribution in [3.05, 3.63) is 36.0 Å². The largest absolute Gasteiger partial charge is 0.391 e. The number of aliphatic hydroxyl groups is 1. The van der Waals surface area contributed by atoms with E-state index < -0.39 is 12.1 Å². The van der Waals surface area contributed by atoms with Gasteiger partial charge in [-0.25, -0.2) is 0 Å². The molecule has 1 aliphatic rings. The van der Waals surface area contributed by atoms with Crippen molar-refractivity contribution in [2.24, 2.45) is 5.73 Å². The lowest BCUT2D eigenvalue weighted by atomic mass is 10.0. The molecule has 0 bridgehead atoms. The number of aromatic amines is 1. The summed E-state index contributed by atoms with van der Waals surface area (Å²) in [5, 5.41) is 10.8. The Kier molecular flexibility index (Phi) is 3.94. The normalized spacial score (nSPS) is 20.7. The molecule has 0 spiro atoms. The first-order chi connectivity index (χ1) is 10.1. The molecule has 3 rings (SSSR count). The molecular weight excluding hydrogens is 266 g/mol. The van der Waals surface area contributed by atoms with E-state index in [1.54, 1.807) is 4.90 Å². The number of fused-ring (bicyclic) bond motifs is 1. The van der Waals surface area contributed by atoms with Gasteiger partial charge < -0.3 is 20.7 Å². The van der Waals surface area contributed by atoms with Gasteiger partial charge in [-0.05, 0) is 30.9 Å². The minimum absolute atomic E-state index is 0.0703. The minimum atomic E-state index is -0.561. The monoisotopic (exact) mass is 287 g/mol. The maximum atomic E-state index is 12.4. The van der Waals surface area contributed by atoms with Crippen molar-refractivity contribution in [3.8, 4) is 0 Å². The van der Waals surface area contributed by atoms with E-state index in [9.17, 15) is 9.90 Å². The topological polar surface area (TPSA) is 82.4 Å². The number of aromatic nitrogens is 1. The maximum Gasteiger partial charge on any atom is 0.239 e. The molecule has 4 N–H and O–H groups in total. The zero-order chi connectivity index (χ0) is 14.8. The van der Waals surface area contributed by atoms with Crippen LogP contribution in [0.15, 0.2) is 30.5 Å². The van der Waals surface area contributed by atoms with Gasteiger partial charge in [0, 0.05) is 30.2 Å². The number of nitrogens with one attached hydrogen (secondary N) is 1. The Labute approximate surface area is 123 Å². The van der Waals surface area contributed by atoms with Crippen LogP contribution in [0.3, 0.4) is 0 Å². The summed E-state index contributed by atoms with van der Waals surface area (Å²) < 4.78 is 0. The van der Waals surface area contributed by atoms with Gasteiger partial charge in [-0.2, -0.15) is 0 Å². The number of β-amino-alcohol motifs (C(OH)–C–C–N with tert-alkyl or cyclic N) is 1. The van der Waals surface area contributed by atoms with E-state index in [1.807, 2.05) is 30.5 Å². The number of likely N-dealkylation sites (tertiary alicyclic amines) is 1. The number of para-hydroxylation sites is 1. The molecule has 2 atom stereocenters. The average molecular weight is 287 g/mol. The molecule has 112 valence electrons. The highest BCUT2D eigenvalue weighted by atomic mass is 16.3. The first-order valence-electron chi connectivity index (χ1n) is 7.42. The Morgan fingerprint density at radius 1 is 1.48 bits per heavy atom.